The number of nitrogens with zero attached hydrogens (tertiary/aromatic N) is 2. The van der Waals surface area contributed by atoms with Crippen LogP contribution in [0, 0.1) is 5.92 Å². The Hall–Kier alpha value is -3.13. The molecule has 2 fully saturated rings. The first-order valence-electron chi connectivity index (χ1n) is 11.8. The fourth-order valence-electron chi connectivity index (χ4n) is 4.77. The lowest BCUT2D eigenvalue weighted by Crippen LogP contribution is -2.61. The number of urea groups is 1. The van der Waals surface area contributed by atoms with Crippen LogP contribution in [-0.2, 0) is 16.1 Å². The maximum atomic E-state index is 13.6. The van der Waals surface area contributed by atoms with Crippen molar-refractivity contribution in [2.45, 2.75) is 50.6 Å². The first-order chi connectivity index (χ1) is 16.4. The van der Waals surface area contributed by atoms with Crippen molar-refractivity contribution in [1.29, 1.82) is 0 Å². The number of hydrogen-bond donors (Lipinski definition) is 3. The van der Waals surface area contributed by atoms with Crippen molar-refractivity contribution in [2.24, 2.45) is 5.92 Å². The number of hydrogen-bond acceptors (Lipinski definition) is 4. The number of likely N-dealkylation sites (tertiary alicyclic amines) is 1. The van der Waals surface area contributed by atoms with Crippen molar-refractivity contribution in [3.05, 3.63) is 59.2 Å². The number of pyridine rings is 1. The fraction of sp³-hybridized carbons (Fsp3) is 0.440. The van der Waals surface area contributed by atoms with E-state index in [4.69, 9.17) is 11.6 Å². The van der Waals surface area contributed by atoms with Gasteiger partial charge in [-0.3, -0.25) is 9.59 Å². The SMILES string of the molecule is O=C(NCc1ccccc1)NC1(C(=O)N2CCCC(C(=O)Nc3ccc(Cl)cn3)C2)CCCC1. The Morgan fingerprint density at radius 2 is 1.82 bits per heavy atom. The summed E-state index contributed by atoms with van der Waals surface area (Å²) in [6.07, 6.45) is 5.87. The Morgan fingerprint density at radius 1 is 1.06 bits per heavy atom. The molecule has 3 N–H and O–H groups in total. The van der Waals surface area contributed by atoms with Crippen LogP contribution in [0.25, 0.3) is 0 Å². The number of carbonyl (C=O) groups excluding carboxylic acids is 3. The minimum absolute atomic E-state index is 0.0954. The summed E-state index contributed by atoms with van der Waals surface area (Å²) in [4.78, 5) is 45.0. The van der Waals surface area contributed by atoms with Crippen molar-refractivity contribution in [1.82, 2.24) is 20.5 Å². The Labute approximate surface area is 204 Å². The Kier molecular flexibility index (Phi) is 7.67. The van der Waals surface area contributed by atoms with Gasteiger partial charge >= 0.3 is 6.03 Å². The monoisotopic (exact) mass is 483 g/mol. The normalized spacial score (nSPS) is 19.3. The summed E-state index contributed by atoms with van der Waals surface area (Å²) in [5.41, 5.74) is 0.0705. The van der Waals surface area contributed by atoms with Gasteiger partial charge in [-0.05, 0) is 43.4 Å². The highest BCUT2D eigenvalue weighted by molar-refractivity contribution is 6.30. The largest absolute Gasteiger partial charge is 0.340 e. The molecular weight excluding hydrogens is 454 g/mol. The van der Waals surface area contributed by atoms with E-state index in [2.05, 4.69) is 20.9 Å². The highest BCUT2D eigenvalue weighted by Gasteiger charge is 2.46. The van der Waals surface area contributed by atoms with Crippen molar-refractivity contribution < 1.29 is 14.4 Å². The zero-order valence-electron chi connectivity index (χ0n) is 19.1. The average molecular weight is 484 g/mol. The van der Waals surface area contributed by atoms with Crippen molar-refractivity contribution in [3.63, 3.8) is 0 Å². The van der Waals surface area contributed by atoms with Gasteiger partial charge in [0.05, 0.1) is 10.9 Å². The second-order valence-electron chi connectivity index (χ2n) is 9.02. The second kappa shape index (κ2) is 10.9. The fourth-order valence-corrected chi connectivity index (χ4v) is 4.88. The zero-order valence-corrected chi connectivity index (χ0v) is 19.8. The summed E-state index contributed by atoms with van der Waals surface area (Å²) in [6.45, 7) is 1.30. The zero-order chi connectivity index (χ0) is 24.0. The molecule has 1 aliphatic carbocycles. The van der Waals surface area contributed by atoms with E-state index < -0.39 is 5.54 Å². The van der Waals surface area contributed by atoms with Gasteiger partial charge in [0.15, 0.2) is 0 Å². The molecule has 1 saturated heterocycles. The summed E-state index contributed by atoms with van der Waals surface area (Å²) in [5, 5.41) is 9.16. The first-order valence-corrected chi connectivity index (χ1v) is 12.1. The van der Waals surface area contributed by atoms with Crippen molar-refractivity contribution >= 4 is 35.3 Å². The smallest absolute Gasteiger partial charge is 0.315 e. The number of nitrogens with one attached hydrogen (secondary N) is 3. The number of aromatic nitrogens is 1. The quantitative estimate of drug-likeness (QED) is 0.582. The molecule has 180 valence electrons. The summed E-state index contributed by atoms with van der Waals surface area (Å²) in [5.74, 6) is -0.161. The van der Waals surface area contributed by atoms with E-state index in [1.54, 1.807) is 17.0 Å². The van der Waals surface area contributed by atoms with E-state index in [1.807, 2.05) is 30.3 Å². The van der Waals surface area contributed by atoms with Crippen LogP contribution in [0.3, 0.4) is 0 Å². The van der Waals surface area contributed by atoms with Gasteiger partial charge in [0.1, 0.15) is 11.4 Å². The molecule has 1 aliphatic heterocycles. The van der Waals surface area contributed by atoms with Crippen LogP contribution in [0.4, 0.5) is 10.6 Å². The predicted octanol–water partition coefficient (Wildman–Crippen LogP) is 3.72. The summed E-state index contributed by atoms with van der Waals surface area (Å²) < 4.78 is 0. The number of carbonyl (C=O) groups is 3. The molecule has 1 aromatic carbocycles. The molecule has 4 rings (SSSR count). The van der Waals surface area contributed by atoms with Gasteiger partial charge in [-0.25, -0.2) is 9.78 Å². The predicted molar refractivity (Wildman–Crippen MR) is 130 cm³/mol. The van der Waals surface area contributed by atoms with Gasteiger partial charge in [0.25, 0.3) is 0 Å². The summed E-state index contributed by atoms with van der Waals surface area (Å²) in [6, 6.07) is 12.6. The number of amides is 4. The molecule has 0 spiro atoms. The lowest BCUT2D eigenvalue weighted by Gasteiger charge is -2.39. The second-order valence-corrected chi connectivity index (χ2v) is 9.46. The molecule has 2 aliphatic rings. The van der Waals surface area contributed by atoms with Crippen molar-refractivity contribution in [2.75, 3.05) is 18.4 Å². The van der Waals surface area contributed by atoms with Crippen molar-refractivity contribution in [3.8, 4) is 0 Å². The molecule has 1 atom stereocenters. The highest BCUT2D eigenvalue weighted by atomic mass is 35.5. The molecule has 0 radical (unpaired) electrons. The van der Waals surface area contributed by atoms with E-state index in [9.17, 15) is 14.4 Å². The van der Waals surface area contributed by atoms with E-state index in [0.29, 0.717) is 49.7 Å². The van der Waals surface area contributed by atoms with E-state index in [-0.39, 0.29) is 23.8 Å². The van der Waals surface area contributed by atoms with Crippen LogP contribution in [0.2, 0.25) is 5.02 Å². The number of anilines is 1. The van der Waals surface area contributed by atoms with Gasteiger partial charge in [-0.15, -0.1) is 0 Å². The van der Waals surface area contributed by atoms with Gasteiger partial charge in [0.2, 0.25) is 11.8 Å². The highest BCUT2D eigenvalue weighted by Crippen LogP contribution is 2.33. The van der Waals surface area contributed by atoms with Crippen LogP contribution >= 0.6 is 11.6 Å². The maximum absolute atomic E-state index is 13.6. The molecule has 0 bridgehead atoms. The standard InChI is InChI=1S/C25H30ClN5O3/c26-20-10-11-21(27-16-20)29-22(32)19-9-6-14-31(17-19)23(33)25(12-4-5-13-25)30-24(34)28-15-18-7-2-1-3-8-18/h1-3,7-8,10-11,16,19H,4-6,9,12-15,17H2,(H,27,29,32)(H2,28,30,34). The Bertz CT molecular complexity index is 1010. The molecule has 1 unspecified atom stereocenters. The van der Waals surface area contributed by atoms with Gasteiger partial charge in [0, 0.05) is 25.8 Å². The molecule has 1 saturated carbocycles. The molecule has 8 nitrogen and oxygen atoms in total. The maximum Gasteiger partial charge on any atom is 0.315 e. The summed E-state index contributed by atoms with van der Waals surface area (Å²) >= 11 is 5.86. The minimum atomic E-state index is -0.920. The Morgan fingerprint density at radius 3 is 2.53 bits per heavy atom. The third-order valence-corrected chi connectivity index (χ3v) is 6.80. The van der Waals surface area contributed by atoms with E-state index in [0.717, 1.165) is 24.8 Å². The van der Waals surface area contributed by atoms with Gasteiger partial charge in [-0.2, -0.15) is 0 Å². The number of piperidine rings is 1. The molecule has 2 aromatic rings. The molecule has 1 aromatic heterocycles. The third-order valence-electron chi connectivity index (χ3n) is 6.57. The van der Waals surface area contributed by atoms with Crippen LogP contribution in [0.5, 0.6) is 0 Å². The van der Waals surface area contributed by atoms with Crippen LogP contribution in [-0.4, -0.2) is 46.4 Å². The van der Waals surface area contributed by atoms with Crippen LogP contribution in [0.1, 0.15) is 44.1 Å². The third kappa shape index (κ3) is 5.86. The first kappa shape index (κ1) is 24.0. The van der Waals surface area contributed by atoms with Gasteiger partial charge < -0.3 is 20.9 Å². The van der Waals surface area contributed by atoms with E-state index in [1.165, 1.54) is 6.20 Å². The molecule has 9 heteroatoms. The van der Waals surface area contributed by atoms with Gasteiger partial charge in [-0.1, -0.05) is 54.8 Å². The topological polar surface area (TPSA) is 103 Å². The number of rotatable bonds is 6. The molecule has 34 heavy (non-hydrogen) atoms. The average Bonchev–Trinajstić information content (AvgIpc) is 3.34. The number of halogens is 1. The Balaban J connectivity index is 1.37. The van der Waals surface area contributed by atoms with Crippen LogP contribution in [0.15, 0.2) is 48.7 Å². The minimum Gasteiger partial charge on any atom is -0.340 e. The molecular formula is C25H30ClN5O3. The lowest BCUT2D eigenvalue weighted by molar-refractivity contribution is -0.140. The summed E-state index contributed by atoms with van der Waals surface area (Å²) in [7, 11) is 0. The molecule has 4 amide bonds. The number of benzene rings is 1. The van der Waals surface area contributed by atoms with E-state index >= 15 is 0 Å². The lowest BCUT2D eigenvalue weighted by atomic mass is 9.91. The van der Waals surface area contributed by atoms with Crippen LogP contribution < -0.4 is 16.0 Å². The molecule has 2 heterocycles.